The Morgan fingerprint density at radius 1 is 1.00 bits per heavy atom. The predicted octanol–water partition coefficient (Wildman–Crippen LogP) is 3.56. The van der Waals surface area contributed by atoms with Crippen molar-refractivity contribution in [2.75, 3.05) is 19.6 Å². The molecule has 1 saturated heterocycles. The number of benzene rings is 2. The summed E-state index contributed by atoms with van der Waals surface area (Å²) in [6.07, 6.45) is 1.26. The van der Waals surface area contributed by atoms with Gasteiger partial charge in [-0.3, -0.25) is 14.4 Å². The molecule has 0 atom stereocenters. The van der Waals surface area contributed by atoms with Gasteiger partial charge in [0, 0.05) is 41.7 Å². The highest BCUT2D eigenvalue weighted by molar-refractivity contribution is 6.30. The summed E-state index contributed by atoms with van der Waals surface area (Å²) in [5.41, 5.74) is 1.25. The van der Waals surface area contributed by atoms with E-state index in [2.05, 4.69) is 5.32 Å². The summed E-state index contributed by atoms with van der Waals surface area (Å²) in [6.45, 7) is 3.51. The molecule has 1 heterocycles. The topological polar surface area (TPSA) is 66.5 Å². The number of hydrogen-bond acceptors (Lipinski definition) is 3. The van der Waals surface area contributed by atoms with E-state index in [4.69, 9.17) is 11.6 Å². The summed E-state index contributed by atoms with van der Waals surface area (Å²) < 4.78 is 0. The van der Waals surface area contributed by atoms with Crippen LogP contribution in [0.2, 0.25) is 5.02 Å². The average molecular weight is 399 g/mol. The van der Waals surface area contributed by atoms with Gasteiger partial charge in [0.2, 0.25) is 5.91 Å². The lowest BCUT2D eigenvalue weighted by molar-refractivity contribution is -0.126. The van der Waals surface area contributed by atoms with Crippen LogP contribution in [0.25, 0.3) is 0 Å². The van der Waals surface area contributed by atoms with Gasteiger partial charge < -0.3 is 10.2 Å². The van der Waals surface area contributed by atoms with Gasteiger partial charge in [0.15, 0.2) is 5.78 Å². The third-order valence-electron chi connectivity index (χ3n) is 5.01. The molecule has 0 radical (unpaired) electrons. The molecular weight excluding hydrogens is 376 g/mol. The molecule has 0 aliphatic carbocycles. The van der Waals surface area contributed by atoms with Gasteiger partial charge in [-0.2, -0.15) is 0 Å². The van der Waals surface area contributed by atoms with Crippen LogP contribution in [0.1, 0.15) is 46.0 Å². The minimum Gasteiger partial charge on any atom is -0.356 e. The first-order chi connectivity index (χ1) is 13.5. The number of halogens is 1. The predicted molar refractivity (Wildman–Crippen MR) is 109 cm³/mol. The Kier molecular flexibility index (Phi) is 6.47. The van der Waals surface area contributed by atoms with Crippen LogP contribution in [0.5, 0.6) is 0 Å². The second-order valence-electron chi connectivity index (χ2n) is 6.84. The van der Waals surface area contributed by atoms with E-state index in [1.165, 1.54) is 0 Å². The first-order valence-electron chi connectivity index (χ1n) is 9.47. The highest BCUT2D eigenvalue weighted by atomic mass is 35.5. The van der Waals surface area contributed by atoms with Gasteiger partial charge in [-0.25, -0.2) is 0 Å². The number of nitrogens with zero attached hydrogens (tertiary/aromatic N) is 1. The number of hydrogen-bond donors (Lipinski definition) is 1. The Morgan fingerprint density at radius 2 is 1.61 bits per heavy atom. The van der Waals surface area contributed by atoms with Crippen LogP contribution in [-0.4, -0.2) is 42.1 Å². The van der Waals surface area contributed by atoms with Crippen LogP contribution in [0.3, 0.4) is 0 Å². The molecule has 1 N–H and O–H groups in total. The number of nitrogens with one attached hydrogen (secondary N) is 1. The number of likely N-dealkylation sites (tertiary alicyclic amines) is 1. The van der Waals surface area contributed by atoms with Crippen LogP contribution in [0, 0.1) is 5.92 Å². The molecule has 1 aliphatic heterocycles. The van der Waals surface area contributed by atoms with E-state index in [1.807, 2.05) is 6.92 Å². The quantitative estimate of drug-likeness (QED) is 0.783. The Balaban J connectivity index is 1.76. The maximum Gasteiger partial charge on any atom is 0.254 e. The van der Waals surface area contributed by atoms with E-state index >= 15 is 0 Å². The van der Waals surface area contributed by atoms with Crippen molar-refractivity contribution in [3.8, 4) is 0 Å². The van der Waals surface area contributed by atoms with Crippen LogP contribution in [0.15, 0.2) is 48.5 Å². The molecule has 1 fully saturated rings. The van der Waals surface area contributed by atoms with E-state index in [9.17, 15) is 14.4 Å². The highest BCUT2D eigenvalue weighted by Gasteiger charge is 2.29. The monoisotopic (exact) mass is 398 g/mol. The van der Waals surface area contributed by atoms with Crippen molar-refractivity contribution in [1.82, 2.24) is 10.2 Å². The third-order valence-corrected chi connectivity index (χ3v) is 5.26. The smallest absolute Gasteiger partial charge is 0.254 e. The van der Waals surface area contributed by atoms with E-state index < -0.39 is 0 Å². The van der Waals surface area contributed by atoms with Gasteiger partial charge in [0.05, 0.1) is 5.56 Å². The van der Waals surface area contributed by atoms with Gasteiger partial charge in [0.1, 0.15) is 0 Å². The molecular formula is C22H23ClN2O3. The molecule has 2 aromatic carbocycles. The summed E-state index contributed by atoms with van der Waals surface area (Å²) in [5.74, 6) is -0.395. The molecule has 2 aromatic rings. The number of ketones is 1. The zero-order valence-corrected chi connectivity index (χ0v) is 16.5. The van der Waals surface area contributed by atoms with Crippen molar-refractivity contribution in [1.29, 1.82) is 0 Å². The van der Waals surface area contributed by atoms with Crippen molar-refractivity contribution in [2.24, 2.45) is 5.92 Å². The fraction of sp³-hybridized carbons (Fsp3) is 0.318. The van der Waals surface area contributed by atoms with Crippen LogP contribution in [0.4, 0.5) is 0 Å². The van der Waals surface area contributed by atoms with Crippen molar-refractivity contribution < 1.29 is 14.4 Å². The van der Waals surface area contributed by atoms with Gasteiger partial charge in [-0.15, -0.1) is 0 Å². The molecule has 28 heavy (non-hydrogen) atoms. The van der Waals surface area contributed by atoms with Crippen molar-refractivity contribution in [3.63, 3.8) is 0 Å². The SMILES string of the molecule is CCNC(=O)C1CCN(C(=O)c2ccccc2C(=O)c2ccc(Cl)cc2)CC1. The van der Waals surface area contributed by atoms with Crippen molar-refractivity contribution in [3.05, 3.63) is 70.2 Å². The Labute approximate surface area is 169 Å². The van der Waals surface area contributed by atoms with E-state index in [1.54, 1.807) is 53.4 Å². The molecule has 1 aliphatic rings. The second kappa shape index (κ2) is 9.02. The first-order valence-corrected chi connectivity index (χ1v) is 9.85. The molecule has 6 heteroatoms. The summed E-state index contributed by atoms with van der Waals surface area (Å²) in [4.78, 5) is 39.7. The van der Waals surface area contributed by atoms with Gasteiger partial charge >= 0.3 is 0 Å². The highest BCUT2D eigenvalue weighted by Crippen LogP contribution is 2.22. The van der Waals surface area contributed by atoms with Crippen LogP contribution in [-0.2, 0) is 4.79 Å². The number of carbonyl (C=O) groups excluding carboxylic acids is 3. The second-order valence-corrected chi connectivity index (χ2v) is 7.28. The fourth-order valence-electron chi connectivity index (χ4n) is 3.46. The summed E-state index contributed by atoms with van der Waals surface area (Å²) in [5, 5.41) is 3.39. The lowest BCUT2D eigenvalue weighted by Crippen LogP contribution is -2.43. The molecule has 0 unspecified atom stereocenters. The molecule has 0 saturated carbocycles. The molecule has 0 bridgehead atoms. The Morgan fingerprint density at radius 3 is 2.21 bits per heavy atom. The van der Waals surface area contributed by atoms with Crippen molar-refractivity contribution in [2.45, 2.75) is 19.8 Å². The largest absolute Gasteiger partial charge is 0.356 e. The van der Waals surface area contributed by atoms with E-state index in [0.717, 1.165) is 0 Å². The van der Waals surface area contributed by atoms with Gasteiger partial charge in [-0.1, -0.05) is 29.8 Å². The lowest BCUT2D eigenvalue weighted by Gasteiger charge is -2.31. The molecule has 0 aromatic heterocycles. The van der Waals surface area contributed by atoms with Crippen LogP contribution >= 0.6 is 11.6 Å². The normalized spacial score (nSPS) is 14.6. The molecule has 3 rings (SSSR count). The number of amides is 2. The third kappa shape index (κ3) is 4.42. The molecule has 2 amide bonds. The average Bonchev–Trinajstić information content (AvgIpc) is 2.73. The maximum atomic E-state index is 13.1. The summed E-state index contributed by atoms with van der Waals surface area (Å²) in [7, 11) is 0. The number of piperidine rings is 1. The zero-order chi connectivity index (χ0) is 20.1. The summed E-state index contributed by atoms with van der Waals surface area (Å²) >= 11 is 5.90. The maximum absolute atomic E-state index is 13.1. The first kappa shape index (κ1) is 20.1. The minimum absolute atomic E-state index is 0.0490. The van der Waals surface area contributed by atoms with Crippen molar-refractivity contribution >= 4 is 29.2 Å². The molecule has 5 nitrogen and oxygen atoms in total. The van der Waals surface area contributed by atoms with Gasteiger partial charge in [-0.05, 0) is 50.1 Å². The number of rotatable bonds is 5. The Bertz CT molecular complexity index is 872. The standard InChI is InChI=1S/C22H23ClN2O3/c1-2-24-21(27)16-11-13-25(14-12-16)22(28)19-6-4-3-5-18(19)20(26)15-7-9-17(23)10-8-15/h3-10,16H,2,11-14H2,1H3,(H,24,27). The van der Waals surface area contributed by atoms with E-state index in [0.29, 0.717) is 54.2 Å². The molecule has 0 spiro atoms. The fourth-order valence-corrected chi connectivity index (χ4v) is 3.58. The lowest BCUT2D eigenvalue weighted by atomic mass is 9.94. The summed E-state index contributed by atoms with van der Waals surface area (Å²) in [6, 6.07) is 13.5. The van der Waals surface area contributed by atoms with Crippen LogP contribution < -0.4 is 5.32 Å². The zero-order valence-electron chi connectivity index (χ0n) is 15.8. The van der Waals surface area contributed by atoms with E-state index in [-0.39, 0.29) is 23.5 Å². The Hall–Kier alpha value is -2.66. The molecule has 146 valence electrons. The minimum atomic E-state index is -0.210. The van der Waals surface area contributed by atoms with Gasteiger partial charge in [0.25, 0.3) is 5.91 Å². The number of carbonyl (C=O) groups is 3.